The van der Waals surface area contributed by atoms with Gasteiger partial charge in [0.2, 0.25) is 5.91 Å². The number of β-amino-alcohol motifs (C(OH)–C–C–N with tert-alkyl or cyclic N) is 1. The summed E-state index contributed by atoms with van der Waals surface area (Å²) in [4.78, 5) is 16.9. The van der Waals surface area contributed by atoms with E-state index in [-0.39, 0.29) is 11.8 Å². The first-order chi connectivity index (χ1) is 12.1. The molecule has 0 bridgehead atoms. The molecule has 2 saturated heterocycles. The summed E-state index contributed by atoms with van der Waals surface area (Å²) in [5.41, 5.74) is 0.798. The number of hydrogen-bond acceptors (Lipinski definition) is 3. The summed E-state index contributed by atoms with van der Waals surface area (Å²) >= 11 is 0. The Morgan fingerprint density at radius 3 is 2.48 bits per heavy atom. The van der Waals surface area contributed by atoms with Crippen LogP contribution in [0.4, 0.5) is 0 Å². The Kier molecular flexibility index (Phi) is 4.59. The molecule has 1 saturated carbocycles. The zero-order valence-corrected chi connectivity index (χ0v) is 15.2. The summed E-state index contributed by atoms with van der Waals surface area (Å²) in [5.74, 6) is 1.44. The Morgan fingerprint density at radius 2 is 1.84 bits per heavy atom. The molecule has 0 spiro atoms. The lowest BCUT2D eigenvalue weighted by molar-refractivity contribution is -0.132. The predicted octanol–water partition coefficient (Wildman–Crippen LogP) is 2.49. The summed E-state index contributed by atoms with van der Waals surface area (Å²) in [7, 11) is 0. The van der Waals surface area contributed by atoms with E-state index in [4.69, 9.17) is 0 Å². The van der Waals surface area contributed by atoms with Gasteiger partial charge in [-0.15, -0.1) is 0 Å². The molecule has 4 rings (SSSR count). The Bertz CT molecular complexity index is 608. The van der Waals surface area contributed by atoms with E-state index in [0.717, 1.165) is 38.8 Å². The molecule has 2 atom stereocenters. The zero-order valence-electron chi connectivity index (χ0n) is 15.2. The Hall–Kier alpha value is -1.39. The highest BCUT2D eigenvalue weighted by molar-refractivity contribution is 5.78. The fourth-order valence-electron chi connectivity index (χ4n) is 4.76. The highest BCUT2D eigenvalue weighted by Gasteiger charge is 2.53. The molecule has 136 valence electrons. The van der Waals surface area contributed by atoms with Crippen molar-refractivity contribution in [2.75, 3.05) is 32.7 Å². The Morgan fingerprint density at radius 1 is 1.16 bits per heavy atom. The molecule has 4 nitrogen and oxygen atoms in total. The van der Waals surface area contributed by atoms with Crippen LogP contribution in [0.2, 0.25) is 0 Å². The molecular formula is C21H30N2O2. The lowest BCUT2D eigenvalue weighted by Crippen LogP contribution is -2.44. The molecule has 1 aliphatic carbocycles. The fraction of sp³-hybridized carbons (Fsp3) is 0.667. The van der Waals surface area contributed by atoms with Gasteiger partial charge in [-0.25, -0.2) is 0 Å². The summed E-state index contributed by atoms with van der Waals surface area (Å²) in [6, 6.07) is 10.7. The van der Waals surface area contributed by atoms with E-state index in [1.807, 2.05) is 4.90 Å². The maximum Gasteiger partial charge on any atom is 0.236 e. The van der Waals surface area contributed by atoms with Crippen LogP contribution >= 0.6 is 0 Å². The van der Waals surface area contributed by atoms with Crippen LogP contribution in [0.1, 0.15) is 44.1 Å². The average molecular weight is 342 g/mol. The SMILES string of the molecule is CC1CN(C(=O)CN2CCC(c3ccccc3)CC2)CC1(O)C1CC1. The van der Waals surface area contributed by atoms with Crippen molar-refractivity contribution in [1.82, 2.24) is 9.80 Å². The highest BCUT2D eigenvalue weighted by Crippen LogP contribution is 2.47. The first kappa shape index (κ1) is 17.0. The van der Waals surface area contributed by atoms with Gasteiger partial charge in [-0.1, -0.05) is 37.3 Å². The van der Waals surface area contributed by atoms with Crippen molar-refractivity contribution in [1.29, 1.82) is 0 Å². The van der Waals surface area contributed by atoms with Crippen LogP contribution in [0.3, 0.4) is 0 Å². The molecule has 2 aliphatic heterocycles. The van der Waals surface area contributed by atoms with E-state index in [2.05, 4.69) is 42.2 Å². The molecule has 2 unspecified atom stereocenters. The van der Waals surface area contributed by atoms with Crippen LogP contribution in [-0.4, -0.2) is 59.1 Å². The monoisotopic (exact) mass is 342 g/mol. The number of carbonyl (C=O) groups is 1. The number of likely N-dealkylation sites (tertiary alicyclic amines) is 2. The number of carbonyl (C=O) groups excluding carboxylic acids is 1. The number of rotatable bonds is 4. The summed E-state index contributed by atoms with van der Waals surface area (Å²) in [5, 5.41) is 10.9. The fourth-order valence-corrected chi connectivity index (χ4v) is 4.76. The molecule has 1 aromatic rings. The maximum atomic E-state index is 12.7. The quantitative estimate of drug-likeness (QED) is 0.914. The van der Waals surface area contributed by atoms with Gasteiger partial charge in [-0.3, -0.25) is 9.69 Å². The first-order valence-corrected chi connectivity index (χ1v) is 9.83. The van der Waals surface area contributed by atoms with Crippen LogP contribution in [0, 0.1) is 11.8 Å². The van der Waals surface area contributed by atoms with E-state index >= 15 is 0 Å². The maximum absolute atomic E-state index is 12.7. The molecule has 25 heavy (non-hydrogen) atoms. The van der Waals surface area contributed by atoms with E-state index in [9.17, 15) is 9.90 Å². The minimum absolute atomic E-state index is 0.196. The van der Waals surface area contributed by atoms with Crippen molar-refractivity contribution < 1.29 is 9.90 Å². The largest absolute Gasteiger partial charge is 0.387 e. The molecule has 1 aromatic carbocycles. The molecular weight excluding hydrogens is 312 g/mol. The summed E-state index contributed by atoms with van der Waals surface area (Å²) < 4.78 is 0. The van der Waals surface area contributed by atoms with Gasteiger partial charge in [0.1, 0.15) is 0 Å². The second-order valence-electron chi connectivity index (χ2n) is 8.40. The average Bonchev–Trinajstić information content (AvgIpc) is 3.44. The molecule has 0 radical (unpaired) electrons. The smallest absolute Gasteiger partial charge is 0.236 e. The number of hydrogen-bond donors (Lipinski definition) is 1. The van der Waals surface area contributed by atoms with Crippen molar-refractivity contribution in [2.24, 2.45) is 11.8 Å². The minimum Gasteiger partial charge on any atom is -0.387 e. The molecule has 3 aliphatic rings. The number of nitrogens with zero attached hydrogens (tertiary/aromatic N) is 2. The van der Waals surface area contributed by atoms with Gasteiger partial charge in [0, 0.05) is 12.5 Å². The van der Waals surface area contributed by atoms with Gasteiger partial charge in [-0.2, -0.15) is 0 Å². The summed E-state index contributed by atoms with van der Waals surface area (Å²) in [6.07, 6.45) is 4.49. The van der Waals surface area contributed by atoms with Crippen molar-refractivity contribution in [3.8, 4) is 0 Å². The van der Waals surface area contributed by atoms with Gasteiger partial charge in [0.05, 0.1) is 18.7 Å². The normalized spacial score (nSPS) is 31.4. The van der Waals surface area contributed by atoms with Crippen molar-refractivity contribution in [3.05, 3.63) is 35.9 Å². The third-order valence-corrected chi connectivity index (χ3v) is 6.65. The summed E-state index contributed by atoms with van der Waals surface area (Å²) in [6.45, 7) is 5.83. The van der Waals surface area contributed by atoms with E-state index in [0.29, 0.717) is 31.5 Å². The molecule has 1 amide bonds. The highest BCUT2D eigenvalue weighted by atomic mass is 16.3. The van der Waals surface area contributed by atoms with Crippen LogP contribution in [-0.2, 0) is 4.79 Å². The van der Waals surface area contributed by atoms with Crippen LogP contribution in [0.25, 0.3) is 0 Å². The standard InChI is InChI=1S/C21H30N2O2/c1-16-13-23(15-21(16,25)19-7-8-19)20(24)14-22-11-9-18(10-12-22)17-5-3-2-4-6-17/h2-6,16,18-19,25H,7-15H2,1H3. The third-order valence-electron chi connectivity index (χ3n) is 6.65. The van der Waals surface area contributed by atoms with Gasteiger partial charge < -0.3 is 10.0 Å². The van der Waals surface area contributed by atoms with E-state index in [1.54, 1.807) is 0 Å². The predicted molar refractivity (Wildman–Crippen MR) is 98.3 cm³/mol. The topological polar surface area (TPSA) is 43.8 Å². The van der Waals surface area contributed by atoms with E-state index in [1.165, 1.54) is 5.56 Å². The van der Waals surface area contributed by atoms with Crippen molar-refractivity contribution in [3.63, 3.8) is 0 Å². The second-order valence-corrected chi connectivity index (χ2v) is 8.40. The van der Waals surface area contributed by atoms with Gasteiger partial charge in [0.15, 0.2) is 0 Å². The van der Waals surface area contributed by atoms with Gasteiger partial charge >= 0.3 is 0 Å². The molecule has 0 aromatic heterocycles. The van der Waals surface area contributed by atoms with Crippen LogP contribution in [0.5, 0.6) is 0 Å². The molecule has 3 fully saturated rings. The lowest BCUT2D eigenvalue weighted by atomic mass is 9.88. The third kappa shape index (κ3) is 3.47. The van der Waals surface area contributed by atoms with Crippen molar-refractivity contribution >= 4 is 5.91 Å². The number of piperidine rings is 1. The Balaban J connectivity index is 1.28. The number of benzene rings is 1. The van der Waals surface area contributed by atoms with Crippen LogP contribution in [0.15, 0.2) is 30.3 Å². The minimum atomic E-state index is -0.629. The Labute approximate surface area is 150 Å². The molecule has 4 heteroatoms. The van der Waals surface area contributed by atoms with Gasteiger partial charge in [0.25, 0.3) is 0 Å². The van der Waals surface area contributed by atoms with Crippen LogP contribution < -0.4 is 0 Å². The van der Waals surface area contributed by atoms with E-state index < -0.39 is 5.60 Å². The van der Waals surface area contributed by atoms with Gasteiger partial charge in [-0.05, 0) is 56.2 Å². The van der Waals surface area contributed by atoms with Crippen molar-refractivity contribution in [2.45, 2.75) is 44.1 Å². The second kappa shape index (κ2) is 6.73. The molecule has 1 N–H and O–H groups in total. The number of aliphatic hydroxyl groups is 1. The lowest BCUT2D eigenvalue weighted by Gasteiger charge is -2.33. The molecule has 2 heterocycles. The number of amides is 1. The first-order valence-electron chi connectivity index (χ1n) is 9.83. The zero-order chi connectivity index (χ0) is 17.4.